The van der Waals surface area contributed by atoms with E-state index in [1.165, 1.54) is 16.5 Å². The van der Waals surface area contributed by atoms with E-state index in [1.54, 1.807) is 26.1 Å². The van der Waals surface area contributed by atoms with Crippen LogP contribution in [0.25, 0.3) is 10.9 Å². The summed E-state index contributed by atoms with van der Waals surface area (Å²) >= 11 is 0. The van der Waals surface area contributed by atoms with E-state index >= 15 is 0 Å². The number of nitrogens with zero attached hydrogens (tertiary/aromatic N) is 2. The van der Waals surface area contributed by atoms with Gasteiger partial charge in [-0.05, 0) is 48.2 Å². The molecule has 0 bridgehead atoms. The first-order valence-electron chi connectivity index (χ1n) is 10.4. The van der Waals surface area contributed by atoms with Gasteiger partial charge >= 0.3 is 0 Å². The molecule has 0 unspecified atom stereocenters. The zero-order chi connectivity index (χ0) is 22.2. The minimum atomic E-state index is -0.00815. The van der Waals surface area contributed by atoms with Crippen molar-refractivity contribution in [1.82, 2.24) is 20.5 Å². The molecule has 0 saturated heterocycles. The molecular weight excluding hydrogens is 390 g/mol. The Hall–Kier alpha value is -3.48. The van der Waals surface area contributed by atoms with Crippen LogP contribution in [0.15, 0.2) is 53.7 Å². The number of H-pyrrole nitrogens is 1. The Morgan fingerprint density at radius 3 is 2.61 bits per heavy atom. The molecule has 31 heavy (non-hydrogen) atoms. The molecule has 3 aromatic rings. The van der Waals surface area contributed by atoms with Crippen molar-refractivity contribution < 1.29 is 9.53 Å². The molecule has 2 aromatic carbocycles. The van der Waals surface area contributed by atoms with Gasteiger partial charge in [0.05, 0.1) is 20.2 Å². The number of nitrogens with one attached hydrogen (secondary N) is 3. The number of aromatic amines is 1. The van der Waals surface area contributed by atoms with Crippen LogP contribution in [0.4, 0.5) is 0 Å². The second kappa shape index (κ2) is 10.5. The third-order valence-corrected chi connectivity index (χ3v) is 5.17. The van der Waals surface area contributed by atoms with Crippen molar-refractivity contribution in [2.24, 2.45) is 4.99 Å². The Balaban J connectivity index is 1.65. The molecule has 0 fully saturated rings. The first-order chi connectivity index (χ1) is 15.0. The Bertz CT molecular complexity index is 1040. The van der Waals surface area contributed by atoms with Crippen molar-refractivity contribution in [2.75, 3.05) is 34.3 Å². The fourth-order valence-electron chi connectivity index (χ4n) is 3.36. The number of amides is 1. The lowest BCUT2D eigenvalue weighted by Crippen LogP contribution is -2.43. The maximum Gasteiger partial charge on any atom is 0.241 e. The summed E-state index contributed by atoms with van der Waals surface area (Å²) in [5.41, 5.74) is 4.74. The van der Waals surface area contributed by atoms with Crippen molar-refractivity contribution in [2.45, 2.75) is 19.9 Å². The average Bonchev–Trinajstić information content (AvgIpc) is 3.19. The van der Waals surface area contributed by atoms with E-state index in [-0.39, 0.29) is 12.5 Å². The lowest BCUT2D eigenvalue weighted by atomic mass is 10.1. The van der Waals surface area contributed by atoms with Gasteiger partial charge in [-0.1, -0.05) is 24.3 Å². The number of ether oxygens (including phenoxy) is 1. The minimum absolute atomic E-state index is 0.00815. The Labute approximate surface area is 183 Å². The van der Waals surface area contributed by atoms with E-state index in [0.717, 1.165) is 23.3 Å². The molecule has 3 N–H and O–H groups in total. The third-order valence-electron chi connectivity index (χ3n) is 5.17. The number of hydrogen-bond donors (Lipinski definition) is 3. The molecule has 0 aliphatic rings. The van der Waals surface area contributed by atoms with Crippen LogP contribution >= 0.6 is 0 Å². The van der Waals surface area contributed by atoms with Crippen LogP contribution in [0, 0.1) is 6.92 Å². The average molecular weight is 422 g/mol. The maximum absolute atomic E-state index is 12.0. The molecular formula is C24H31N5O2. The summed E-state index contributed by atoms with van der Waals surface area (Å²) in [5, 5.41) is 7.77. The summed E-state index contributed by atoms with van der Waals surface area (Å²) in [4.78, 5) is 21.6. The van der Waals surface area contributed by atoms with Gasteiger partial charge in [-0.15, -0.1) is 0 Å². The van der Waals surface area contributed by atoms with E-state index in [4.69, 9.17) is 4.74 Å². The van der Waals surface area contributed by atoms with E-state index < -0.39 is 0 Å². The molecule has 1 aromatic heterocycles. The maximum atomic E-state index is 12.0. The van der Waals surface area contributed by atoms with Crippen LogP contribution in [-0.2, 0) is 17.8 Å². The number of carbonyl (C=O) groups is 1. The number of aryl methyl sites for hydroxylation is 1. The van der Waals surface area contributed by atoms with Crippen molar-refractivity contribution in [3.8, 4) is 5.75 Å². The number of aromatic nitrogens is 1. The largest absolute Gasteiger partial charge is 0.497 e. The zero-order valence-corrected chi connectivity index (χ0v) is 18.7. The summed E-state index contributed by atoms with van der Waals surface area (Å²) in [6, 6.07) is 14.1. The number of aliphatic imine (C=N–C) groups is 1. The van der Waals surface area contributed by atoms with Gasteiger partial charge in [0.25, 0.3) is 0 Å². The molecule has 0 saturated carbocycles. The fraction of sp³-hybridized carbons (Fsp3) is 0.333. The van der Waals surface area contributed by atoms with Crippen LogP contribution in [0.2, 0.25) is 0 Å². The molecule has 0 aliphatic heterocycles. The summed E-state index contributed by atoms with van der Waals surface area (Å²) < 4.78 is 5.20. The topological polar surface area (TPSA) is 81.7 Å². The highest BCUT2D eigenvalue weighted by molar-refractivity contribution is 5.87. The zero-order valence-electron chi connectivity index (χ0n) is 18.7. The molecule has 1 heterocycles. The highest BCUT2D eigenvalue weighted by Gasteiger charge is 2.08. The monoisotopic (exact) mass is 421 g/mol. The second-order valence-electron chi connectivity index (χ2n) is 7.64. The summed E-state index contributed by atoms with van der Waals surface area (Å²) in [6.45, 7) is 3.52. The highest BCUT2D eigenvalue weighted by Crippen LogP contribution is 2.22. The molecule has 7 nitrogen and oxygen atoms in total. The summed E-state index contributed by atoms with van der Waals surface area (Å²) in [6.07, 6.45) is 2.91. The predicted octanol–water partition coefficient (Wildman–Crippen LogP) is 2.85. The first-order valence-corrected chi connectivity index (χ1v) is 10.4. The molecule has 3 rings (SSSR count). The predicted molar refractivity (Wildman–Crippen MR) is 126 cm³/mol. The Morgan fingerprint density at radius 1 is 1.13 bits per heavy atom. The molecule has 0 spiro atoms. The molecule has 0 atom stereocenters. The SMILES string of the molecule is COc1ccc(CN=C(NCCc2c[nH]c3cccc(C)c23)NCC(=O)N(C)C)cc1. The number of rotatable bonds is 8. The van der Waals surface area contributed by atoms with E-state index in [1.807, 2.05) is 24.3 Å². The normalized spacial score (nSPS) is 11.4. The van der Waals surface area contributed by atoms with Gasteiger partial charge in [-0.2, -0.15) is 0 Å². The quantitative estimate of drug-likeness (QED) is 0.386. The van der Waals surface area contributed by atoms with Gasteiger partial charge < -0.3 is 25.3 Å². The van der Waals surface area contributed by atoms with Crippen LogP contribution in [-0.4, -0.2) is 56.0 Å². The van der Waals surface area contributed by atoms with Crippen LogP contribution in [0.3, 0.4) is 0 Å². The van der Waals surface area contributed by atoms with Crippen LogP contribution < -0.4 is 15.4 Å². The van der Waals surface area contributed by atoms with Gasteiger partial charge in [0, 0.05) is 37.7 Å². The highest BCUT2D eigenvalue weighted by atomic mass is 16.5. The second-order valence-corrected chi connectivity index (χ2v) is 7.64. The Morgan fingerprint density at radius 2 is 1.90 bits per heavy atom. The van der Waals surface area contributed by atoms with Gasteiger partial charge in [-0.25, -0.2) is 4.99 Å². The van der Waals surface area contributed by atoms with Crippen molar-refractivity contribution in [1.29, 1.82) is 0 Å². The number of hydrogen-bond acceptors (Lipinski definition) is 3. The number of guanidine groups is 1. The summed E-state index contributed by atoms with van der Waals surface area (Å²) in [5.74, 6) is 1.42. The van der Waals surface area contributed by atoms with Crippen molar-refractivity contribution >= 4 is 22.8 Å². The fourth-order valence-corrected chi connectivity index (χ4v) is 3.36. The van der Waals surface area contributed by atoms with Gasteiger partial charge in [0.1, 0.15) is 5.75 Å². The smallest absolute Gasteiger partial charge is 0.241 e. The van der Waals surface area contributed by atoms with Crippen molar-refractivity contribution in [3.63, 3.8) is 0 Å². The van der Waals surface area contributed by atoms with E-state index in [0.29, 0.717) is 19.0 Å². The molecule has 0 radical (unpaired) electrons. The number of benzene rings is 2. The molecule has 7 heteroatoms. The van der Waals surface area contributed by atoms with Crippen LogP contribution in [0.5, 0.6) is 5.75 Å². The number of likely N-dealkylation sites (N-methyl/N-ethyl adjacent to an activating group) is 1. The molecule has 1 amide bonds. The van der Waals surface area contributed by atoms with Crippen molar-refractivity contribution in [3.05, 3.63) is 65.4 Å². The summed E-state index contributed by atoms with van der Waals surface area (Å²) in [7, 11) is 5.13. The first kappa shape index (κ1) is 22.2. The molecule has 0 aliphatic carbocycles. The van der Waals surface area contributed by atoms with E-state index in [2.05, 4.69) is 51.9 Å². The lowest BCUT2D eigenvalue weighted by molar-refractivity contribution is -0.127. The number of methoxy groups -OCH3 is 1. The van der Waals surface area contributed by atoms with Gasteiger partial charge in [0.15, 0.2) is 5.96 Å². The number of carbonyl (C=O) groups excluding carboxylic acids is 1. The van der Waals surface area contributed by atoms with Crippen LogP contribution in [0.1, 0.15) is 16.7 Å². The van der Waals surface area contributed by atoms with Gasteiger partial charge in [-0.3, -0.25) is 4.79 Å². The number of fused-ring (bicyclic) bond motifs is 1. The van der Waals surface area contributed by atoms with Gasteiger partial charge in [0.2, 0.25) is 5.91 Å². The lowest BCUT2D eigenvalue weighted by Gasteiger charge is -2.15. The standard InChI is InChI=1S/C24H31N5O2/c1-17-6-5-7-21-23(17)19(15-26-21)12-13-25-24(28-16-22(30)29(2)3)27-14-18-8-10-20(31-4)11-9-18/h5-11,15,26H,12-14,16H2,1-4H3,(H2,25,27,28). The third kappa shape index (κ3) is 6.01. The molecule has 164 valence electrons. The minimum Gasteiger partial charge on any atom is -0.497 e. The Kier molecular flexibility index (Phi) is 7.54. The van der Waals surface area contributed by atoms with E-state index in [9.17, 15) is 4.79 Å².